The van der Waals surface area contributed by atoms with Crippen molar-refractivity contribution < 1.29 is 9.59 Å². The Morgan fingerprint density at radius 2 is 1.40 bits per heavy atom. The quantitative estimate of drug-likeness (QED) is 0.867. The predicted molar refractivity (Wildman–Crippen MR) is 77.1 cm³/mol. The minimum atomic E-state index is -0.343. The zero-order chi connectivity index (χ0) is 13.9. The van der Waals surface area contributed by atoms with Gasteiger partial charge in [-0.05, 0) is 24.3 Å². The number of hydrogen-bond acceptors (Lipinski definition) is 3. The number of amides is 2. The molecule has 0 bridgehead atoms. The molecule has 2 amide bonds. The van der Waals surface area contributed by atoms with Crippen LogP contribution in [0.3, 0.4) is 0 Å². The molecule has 0 radical (unpaired) electrons. The number of nitrogens with zero attached hydrogens (tertiary/aromatic N) is 1. The molecule has 4 nitrogen and oxygen atoms in total. The van der Waals surface area contributed by atoms with E-state index in [1.807, 2.05) is 36.4 Å². The molecule has 1 N–H and O–H groups in total. The highest BCUT2D eigenvalue weighted by atomic mass is 16.2. The first kappa shape index (κ1) is 12.2. The second-order valence-electron chi connectivity index (χ2n) is 4.36. The average molecular weight is 264 g/mol. The van der Waals surface area contributed by atoms with E-state index >= 15 is 0 Å². The van der Waals surface area contributed by atoms with Crippen molar-refractivity contribution >= 4 is 23.2 Å². The highest BCUT2D eigenvalue weighted by Gasteiger charge is 2.32. The molecule has 1 heterocycles. The zero-order valence-corrected chi connectivity index (χ0v) is 10.6. The number of anilines is 2. The molecule has 0 atom stereocenters. The van der Waals surface area contributed by atoms with Gasteiger partial charge >= 0.3 is 0 Å². The van der Waals surface area contributed by atoms with Crippen molar-refractivity contribution in [2.45, 2.75) is 0 Å². The van der Waals surface area contributed by atoms with Gasteiger partial charge in [-0.3, -0.25) is 9.59 Å². The van der Waals surface area contributed by atoms with Gasteiger partial charge in [0.05, 0.1) is 5.69 Å². The van der Waals surface area contributed by atoms with Gasteiger partial charge in [-0.2, -0.15) is 0 Å². The van der Waals surface area contributed by atoms with E-state index in [0.29, 0.717) is 5.69 Å². The number of rotatable bonds is 3. The fraction of sp³-hybridized carbons (Fsp3) is 0. The Kier molecular flexibility index (Phi) is 3.05. The topological polar surface area (TPSA) is 49.4 Å². The van der Waals surface area contributed by atoms with Crippen molar-refractivity contribution in [1.29, 1.82) is 0 Å². The first-order valence-electron chi connectivity index (χ1n) is 6.23. The van der Waals surface area contributed by atoms with Crippen molar-refractivity contribution in [3.05, 3.63) is 72.4 Å². The highest BCUT2D eigenvalue weighted by molar-refractivity contribution is 6.31. The van der Waals surface area contributed by atoms with Crippen molar-refractivity contribution in [2.75, 3.05) is 10.2 Å². The molecule has 0 aliphatic carbocycles. The van der Waals surface area contributed by atoms with E-state index < -0.39 is 0 Å². The van der Waals surface area contributed by atoms with Gasteiger partial charge in [0.1, 0.15) is 5.70 Å². The maximum atomic E-state index is 12.3. The van der Waals surface area contributed by atoms with Gasteiger partial charge in [-0.25, -0.2) is 4.90 Å². The summed E-state index contributed by atoms with van der Waals surface area (Å²) in [5, 5.41) is 2.97. The van der Waals surface area contributed by atoms with Crippen LogP contribution in [0.25, 0.3) is 0 Å². The summed E-state index contributed by atoms with van der Waals surface area (Å²) in [7, 11) is 0. The Morgan fingerprint density at radius 3 is 2.05 bits per heavy atom. The fourth-order valence-corrected chi connectivity index (χ4v) is 2.06. The van der Waals surface area contributed by atoms with Crippen molar-refractivity contribution in [2.24, 2.45) is 0 Å². The van der Waals surface area contributed by atoms with Crippen molar-refractivity contribution in [3.63, 3.8) is 0 Å². The second-order valence-corrected chi connectivity index (χ2v) is 4.36. The molecule has 2 aromatic carbocycles. The maximum absolute atomic E-state index is 12.3. The second kappa shape index (κ2) is 5.01. The van der Waals surface area contributed by atoms with Crippen LogP contribution in [0.1, 0.15) is 0 Å². The summed E-state index contributed by atoms with van der Waals surface area (Å²) in [6.07, 6.45) is 1.32. The first-order chi connectivity index (χ1) is 9.75. The third-order valence-corrected chi connectivity index (χ3v) is 2.99. The molecule has 0 unspecified atom stereocenters. The third-order valence-electron chi connectivity index (χ3n) is 2.99. The molecule has 0 saturated heterocycles. The monoisotopic (exact) mass is 264 g/mol. The molecule has 98 valence electrons. The van der Waals surface area contributed by atoms with E-state index in [9.17, 15) is 9.59 Å². The Hall–Kier alpha value is -2.88. The number of benzene rings is 2. The summed E-state index contributed by atoms with van der Waals surface area (Å²) in [6, 6.07) is 18.2. The van der Waals surface area contributed by atoms with E-state index in [2.05, 4.69) is 5.32 Å². The van der Waals surface area contributed by atoms with Crippen LogP contribution < -0.4 is 10.2 Å². The minimum Gasteiger partial charge on any atom is -0.351 e. The summed E-state index contributed by atoms with van der Waals surface area (Å²) < 4.78 is 0. The molecule has 3 rings (SSSR count). The SMILES string of the molecule is O=C1C=C(Nc2ccccc2)C(=O)N1c1ccccc1. The first-order valence-corrected chi connectivity index (χ1v) is 6.23. The summed E-state index contributed by atoms with van der Waals surface area (Å²) in [6.45, 7) is 0. The molecule has 2 aromatic rings. The largest absolute Gasteiger partial charge is 0.351 e. The van der Waals surface area contributed by atoms with E-state index in [0.717, 1.165) is 10.6 Å². The van der Waals surface area contributed by atoms with Crippen LogP contribution in [0.15, 0.2) is 72.4 Å². The van der Waals surface area contributed by atoms with Crippen LogP contribution in [-0.2, 0) is 9.59 Å². The Balaban J connectivity index is 1.84. The zero-order valence-electron chi connectivity index (χ0n) is 10.6. The van der Waals surface area contributed by atoms with Gasteiger partial charge in [0.25, 0.3) is 11.8 Å². The van der Waals surface area contributed by atoms with Crippen LogP contribution in [0, 0.1) is 0 Å². The number of imide groups is 1. The summed E-state index contributed by atoms with van der Waals surface area (Å²) >= 11 is 0. The van der Waals surface area contributed by atoms with Crippen LogP contribution >= 0.6 is 0 Å². The molecule has 20 heavy (non-hydrogen) atoms. The van der Waals surface area contributed by atoms with E-state index in [1.165, 1.54) is 6.08 Å². The van der Waals surface area contributed by atoms with Gasteiger partial charge in [-0.1, -0.05) is 36.4 Å². The molecule has 1 aliphatic rings. The van der Waals surface area contributed by atoms with Gasteiger partial charge < -0.3 is 5.32 Å². The van der Waals surface area contributed by atoms with Gasteiger partial charge in [0.2, 0.25) is 0 Å². The number of nitrogens with one attached hydrogen (secondary N) is 1. The lowest BCUT2D eigenvalue weighted by Crippen LogP contribution is -2.31. The lowest BCUT2D eigenvalue weighted by molar-refractivity contribution is -0.120. The molecule has 0 fully saturated rings. The maximum Gasteiger partial charge on any atom is 0.281 e. The Bertz CT molecular complexity index is 678. The van der Waals surface area contributed by atoms with E-state index in [4.69, 9.17) is 0 Å². The van der Waals surface area contributed by atoms with Crippen LogP contribution in [0.4, 0.5) is 11.4 Å². The predicted octanol–water partition coefficient (Wildman–Crippen LogP) is 2.56. The Morgan fingerprint density at radius 1 is 0.800 bits per heavy atom. The van der Waals surface area contributed by atoms with Crippen molar-refractivity contribution in [1.82, 2.24) is 0 Å². The molecule has 0 saturated carbocycles. The van der Waals surface area contributed by atoms with E-state index in [-0.39, 0.29) is 17.5 Å². The normalized spacial score (nSPS) is 14.4. The lowest BCUT2D eigenvalue weighted by atomic mass is 10.3. The summed E-state index contributed by atoms with van der Waals surface area (Å²) in [5.41, 5.74) is 1.63. The molecular weight excluding hydrogens is 252 g/mol. The average Bonchev–Trinajstić information content (AvgIpc) is 2.75. The van der Waals surface area contributed by atoms with Crippen molar-refractivity contribution in [3.8, 4) is 0 Å². The van der Waals surface area contributed by atoms with E-state index in [1.54, 1.807) is 24.3 Å². The van der Waals surface area contributed by atoms with Gasteiger partial charge in [0, 0.05) is 11.8 Å². The number of carbonyl (C=O) groups is 2. The molecule has 4 heteroatoms. The number of hydrogen-bond donors (Lipinski definition) is 1. The minimum absolute atomic E-state index is 0.282. The summed E-state index contributed by atoms with van der Waals surface area (Å²) in [5.74, 6) is -0.676. The molecule has 0 aromatic heterocycles. The molecular formula is C16H12N2O2. The van der Waals surface area contributed by atoms with Crippen LogP contribution in [0.2, 0.25) is 0 Å². The van der Waals surface area contributed by atoms with Crippen LogP contribution in [0.5, 0.6) is 0 Å². The fourth-order valence-electron chi connectivity index (χ4n) is 2.06. The highest BCUT2D eigenvalue weighted by Crippen LogP contribution is 2.23. The third kappa shape index (κ3) is 2.19. The van der Waals surface area contributed by atoms with Gasteiger partial charge in [0.15, 0.2) is 0 Å². The summed E-state index contributed by atoms with van der Waals surface area (Å²) in [4.78, 5) is 25.4. The lowest BCUT2D eigenvalue weighted by Gasteiger charge is -2.15. The van der Waals surface area contributed by atoms with Crippen LogP contribution in [-0.4, -0.2) is 11.8 Å². The standard InChI is InChI=1S/C16H12N2O2/c19-15-11-14(17-12-7-3-1-4-8-12)16(20)18(15)13-9-5-2-6-10-13/h1-11,17H. The molecule has 1 aliphatic heterocycles. The molecule has 0 spiro atoms. The number of carbonyl (C=O) groups excluding carboxylic acids is 2. The number of para-hydroxylation sites is 2. The van der Waals surface area contributed by atoms with Gasteiger partial charge in [-0.15, -0.1) is 0 Å². The smallest absolute Gasteiger partial charge is 0.281 e. The Labute approximate surface area is 116 Å².